The van der Waals surface area contributed by atoms with Crippen LogP contribution in [0.2, 0.25) is 0 Å². The quantitative estimate of drug-likeness (QED) is 0.399. The Kier molecular flexibility index (Phi) is 6.34. The number of ether oxygens (including phenoxy) is 5. The van der Waals surface area contributed by atoms with Gasteiger partial charge in [0.25, 0.3) is 0 Å². The van der Waals surface area contributed by atoms with Gasteiger partial charge in [0.1, 0.15) is 0 Å². The maximum atomic E-state index is 11.3. The smallest absolute Gasteiger partial charge is 0.303 e. The highest BCUT2D eigenvalue weighted by atomic mass is 16.7. The Balaban J connectivity index is 3.18. The van der Waals surface area contributed by atoms with Crippen LogP contribution in [0, 0.1) is 12.3 Å². The van der Waals surface area contributed by atoms with Crippen molar-refractivity contribution in [2.45, 2.75) is 51.5 Å². The van der Waals surface area contributed by atoms with E-state index >= 15 is 0 Å². The summed E-state index contributed by atoms with van der Waals surface area (Å²) in [7, 11) is 1.31. The first-order valence-electron chi connectivity index (χ1n) is 6.46. The molecule has 1 aliphatic heterocycles. The molecule has 1 unspecified atom stereocenters. The minimum Gasteiger partial charge on any atom is -0.455 e. The maximum Gasteiger partial charge on any atom is 0.303 e. The maximum absolute atomic E-state index is 11.3. The third kappa shape index (κ3) is 4.44. The van der Waals surface area contributed by atoms with Crippen LogP contribution in [0.3, 0.4) is 0 Å². The highest BCUT2D eigenvalue weighted by Gasteiger charge is 2.51. The van der Waals surface area contributed by atoms with Gasteiger partial charge in [-0.05, 0) is 0 Å². The van der Waals surface area contributed by atoms with Gasteiger partial charge in [-0.15, -0.1) is 6.42 Å². The first kappa shape index (κ1) is 17.9. The number of hydrogen-bond acceptors (Lipinski definition) is 8. The average Bonchev–Trinajstić information content (AvgIpc) is 2.41. The lowest BCUT2D eigenvalue weighted by atomic mass is 9.98. The molecule has 0 aromatic rings. The second-order valence-electron chi connectivity index (χ2n) is 4.55. The van der Waals surface area contributed by atoms with Gasteiger partial charge in [0.15, 0.2) is 30.7 Å². The van der Waals surface area contributed by atoms with Gasteiger partial charge < -0.3 is 23.7 Å². The molecule has 0 N–H and O–H groups in total. The molecule has 8 heteroatoms. The molecule has 0 aromatic carbocycles. The molecule has 22 heavy (non-hydrogen) atoms. The van der Waals surface area contributed by atoms with E-state index in [4.69, 9.17) is 30.1 Å². The topological polar surface area (TPSA) is 97.4 Å². The molecule has 0 aromatic heterocycles. The van der Waals surface area contributed by atoms with Crippen LogP contribution in [0.15, 0.2) is 0 Å². The lowest BCUT2D eigenvalue weighted by Crippen LogP contribution is -2.61. The van der Waals surface area contributed by atoms with E-state index in [-0.39, 0.29) is 0 Å². The SMILES string of the molecule is C#C[C@@H]1OC(OC)[C@H](OC(C)=O)[C@H](OC(C)=O)[C@@H]1OC(C)=O. The molecule has 1 rings (SSSR count). The summed E-state index contributed by atoms with van der Waals surface area (Å²) in [6.07, 6.45) is -0.131. The Morgan fingerprint density at radius 2 is 1.36 bits per heavy atom. The first-order valence-corrected chi connectivity index (χ1v) is 6.46. The van der Waals surface area contributed by atoms with Crippen LogP contribution in [-0.4, -0.2) is 55.7 Å². The Bertz CT molecular complexity index is 480. The summed E-state index contributed by atoms with van der Waals surface area (Å²) in [6, 6.07) is 0. The van der Waals surface area contributed by atoms with Gasteiger partial charge >= 0.3 is 17.9 Å². The Hall–Kier alpha value is -2.11. The van der Waals surface area contributed by atoms with Crippen LogP contribution in [0.25, 0.3) is 0 Å². The van der Waals surface area contributed by atoms with Crippen molar-refractivity contribution in [2.24, 2.45) is 0 Å². The van der Waals surface area contributed by atoms with Crippen LogP contribution in [0.1, 0.15) is 20.8 Å². The van der Waals surface area contributed by atoms with Crippen molar-refractivity contribution in [3.8, 4) is 12.3 Å². The Morgan fingerprint density at radius 1 is 0.909 bits per heavy atom. The standard InChI is InChI=1S/C14H18O8/c1-6-10-11(19-7(2)15)12(20-8(3)16)13(21-9(4)17)14(18-5)22-10/h1,10-14H,2-5H3/t10-,11+,12+,13+,14?/m0/s1. The van der Waals surface area contributed by atoms with Crippen molar-refractivity contribution in [2.75, 3.05) is 7.11 Å². The summed E-state index contributed by atoms with van der Waals surface area (Å²) < 4.78 is 25.8. The molecule has 0 saturated carbocycles. The summed E-state index contributed by atoms with van der Waals surface area (Å²) in [5.41, 5.74) is 0. The van der Waals surface area contributed by atoms with Gasteiger partial charge in [-0.1, -0.05) is 5.92 Å². The normalized spacial score (nSPS) is 30.8. The molecule has 1 saturated heterocycles. The summed E-state index contributed by atoms with van der Waals surface area (Å²) in [4.78, 5) is 33.8. The second-order valence-corrected chi connectivity index (χ2v) is 4.55. The third-order valence-corrected chi connectivity index (χ3v) is 2.80. The van der Waals surface area contributed by atoms with E-state index in [9.17, 15) is 14.4 Å². The van der Waals surface area contributed by atoms with Crippen LogP contribution in [-0.2, 0) is 38.1 Å². The third-order valence-electron chi connectivity index (χ3n) is 2.80. The van der Waals surface area contributed by atoms with E-state index in [1.165, 1.54) is 21.0 Å². The van der Waals surface area contributed by atoms with E-state index in [0.717, 1.165) is 6.92 Å². The van der Waals surface area contributed by atoms with E-state index in [1.54, 1.807) is 0 Å². The van der Waals surface area contributed by atoms with Crippen LogP contribution in [0.4, 0.5) is 0 Å². The lowest BCUT2D eigenvalue weighted by molar-refractivity contribution is -0.287. The fourth-order valence-electron chi connectivity index (χ4n) is 2.10. The van der Waals surface area contributed by atoms with Crippen molar-refractivity contribution in [1.29, 1.82) is 0 Å². The number of carbonyl (C=O) groups excluding carboxylic acids is 3. The predicted molar refractivity (Wildman–Crippen MR) is 71.2 cm³/mol. The van der Waals surface area contributed by atoms with Gasteiger partial charge in [-0.2, -0.15) is 0 Å². The number of carbonyl (C=O) groups is 3. The van der Waals surface area contributed by atoms with Gasteiger partial charge in [0.2, 0.25) is 0 Å². The van der Waals surface area contributed by atoms with E-state index < -0.39 is 48.6 Å². The van der Waals surface area contributed by atoms with Crippen molar-refractivity contribution in [3.63, 3.8) is 0 Å². The number of rotatable bonds is 4. The Morgan fingerprint density at radius 3 is 1.77 bits per heavy atom. The predicted octanol–water partition coefficient (Wildman–Crippen LogP) is -0.214. The van der Waals surface area contributed by atoms with Gasteiger partial charge in [-0.25, -0.2) is 0 Å². The average molecular weight is 314 g/mol. The molecule has 1 fully saturated rings. The van der Waals surface area contributed by atoms with Crippen LogP contribution < -0.4 is 0 Å². The van der Waals surface area contributed by atoms with Crippen molar-refractivity contribution in [3.05, 3.63) is 0 Å². The van der Waals surface area contributed by atoms with Gasteiger partial charge in [-0.3, -0.25) is 14.4 Å². The molecule has 8 nitrogen and oxygen atoms in total. The molecule has 0 amide bonds. The molecule has 0 aliphatic carbocycles. The number of terminal acetylenes is 1. The second kappa shape index (κ2) is 7.77. The Labute approximate surface area is 128 Å². The fourth-order valence-corrected chi connectivity index (χ4v) is 2.10. The van der Waals surface area contributed by atoms with Crippen LogP contribution in [0.5, 0.6) is 0 Å². The molecule has 122 valence electrons. The van der Waals surface area contributed by atoms with Crippen molar-refractivity contribution < 1.29 is 38.1 Å². The fraction of sp³-hybridized carbons (Fsp3) is 0.643. The molecular formula is C14H18O8. The monoisotopic (exact) mass is 314 g/mol. The number of hydrogen-bond donors (Lipinski definition) is 0. The number of methoxy groups -OCH3 is 1. The molecule has 0 bridgehead atoms. The molecule has 5 atom stereocenters. The molecule has 0 radical (unpaired) electrons. The van der Waals surface area contributed by atoms with Crippen molar-refractivity contribution in [1.82, 2.24) is 0 Å². The highest BCUT2D eigenvalue weighted by molar-refractivity contribution is 5.68. The van der Waals surface area contributed by atoms with Crippen LogP contribution >= 0.6 is 0 Å². The summed E-state index contributed by atoms with van der Waals surface area (Å²) in [5.74, 6) is 0.335. The minimum absolute atomic E-state index is 0.645. The minimum atomic E-state index is -1.15. The van der Waals surface area contributed by atoms with E-state index in [1.807, 2.05) is 0 Å². The summed E-state index contributed by atoms with van der Waals surface area (Å²) in [5, 5.41) is 0. The molecular weight excluding hydrogens is 296 g/mol. The van der Waals surface area contributed by atoms with Gasteiger partial charge in [0.05, 0.1) is 0 Å². The van der Waals surface area contributed by atoms with Gasteiger partial charge in [0, 0.05) is 27.9 Å². The summed E-state index contributed by atoms with van der Waals surface area (Å²) in [6.45, 7) is 3.51. The zero-order valence-corrected chi connectivity index (χ0v) is 12.7. The van der Waals surface area contributed by atoms with E-state index in [0.29, 0.717) is 0 Å². The van der Waals surface area contributed by atoms with Crippen molar-refractivity contribution >= 4 is 17.9 Å². The molecule has 1 heterocycles. The summed E-state index contributed by atoms with van der Waals surface area (Å²) >= 11 is 0. The zero-order valence-electron chi connectivity index (χ0n) is 12.7. The number of esters is 3. The lowest BCUT2D eigenvalue weighted by Gasteiger charge is -2.42. The molecule has 1 aliphatic rings. The highest BCUT2D eigenvalue weighted by Crippen LogP contribution is 2.28. The zero-order chi connectivity index (χ0) is 16.9. The first-order chi connectivity index (χ1) is 10.3. The molecule has 0 spiro atoms. The largest absolute Gasteiger partial charge is 0.455 e. The van der Waals surface area contributed by atoms with E-state index in [2.05, 4.69) is 5.92 Å².